The number of aliphatic hydroxyl groups is 1. The number of nitrogens with zero attached hydrogens (tertiary/aromatic N) is 1. The fourth-order valence-electron chi connectivity index (χ4n) is 3.94. The van der Waals surface area contributed by atoms with Gasteiger partial charge < -0.3 is 15.3 Å². The third kappa shape index (κ3) is 6.93. The molecule has 1 aliphatic carbocycles. The lowest BCUT2D eigenvalue weighted by molar-refractivity contribution is -0.123. The highest BCUT2D eigenvalue weighted by Gasteiger charge is 2.27. The Kier molecular flexibility index (Phi) is 8.30. The highest BCUT2D eigenvalue weighted by molar-refractivity contribution is 5.76. The summed E-state index contributed by atoms with van der Waals surface area (Å²) in [5, 5.41) is 13.8. The van der Waals surface area contributed by atoms with Gasteiger partial charge >= 0.3 is 0 Å². The van der Waals surface area contributed by atoms with Crippen molar-refractivity contribution in [2.75, 3.05) is 13.6 Å². The molecule has 2 unspecified atom stereocenters. The van der Waals surface area contributed by atoms with Crippen molar-refractivity contribution >= 4 is 5.91 Å². The molecule has 4 nitrogen and oxygen atoms in total. The smallest absolute Gasteiger partial charge is 0.220 e. The largest absolute Gasteiger partial charge is 0.391 e. The maximum absolute atomic E-state index is 12.7. The van der Waals surface area contributed by atoms with Gasteiger partial charge in [-0.1, -0.05) is 38.1 Å². The van der Waals surface area contributed by atoms with E-state index < -0.39 is 6.10 Å². The minimum Gasteiger partial charge on any atom is -0.391 e. The molecule has 1 amide bonds. The second-order valence-corrected chi connectivity index (χ2v) is 8.98. The number of benzene rings is 1. The highest BCUT2D eigenvalue weighted by atomic mass is 16.3. The van der Waals surface area contributed by atoms with Crippen molar-refractivity contribution in [3.8, 4) is 0 Å². The number of rotatable bonds is 10. The number of aliphatic hydroxyl groups excluding tert-OH is 1. The van der Waals surface area contributed by atoms with Crippen molar-refractivity contribution in [1.29, 1.82) is 0 Å². The summed E-state index contributed by atoms with van der Waals surface area (Å²) in [7, 11) is 2.07. The van der Waals surface area contributed by atoms with Crippen LogP contribution in [-0.4, -0.2) is 47.7 Å². The lowest BCUT2D eigenvalue weighted by Gasteiger charge is -2.29. The van der Waals surface area contributed by atoms with E-state index in [1.807, 2.05) is 0 Å². The molecular formula is C23H38N2O2. The highest BCUT2D eigenvalue weighted by Crippen LogP contribution is 2.28. The van der Waals surface area contributed by atoms with Gasteiger partial charge in [-0.3, -0.25) is 4.79 Å². The third-order valence-corrected chi connectivity index (χ3v) is 5.80. The molecule has 0 saturated heterocycles. The second-order valence-electron chi connectivity index (χ2n) is 8.98. The Morgan fingerprint density at radius 1 is 1.19 bits per heavy atom. The summed E-state index contributed by atoms with van der Waals surface area (Å²) in [5.74, 6) is 0.893. The third-order valence-electron chi connectivity index (χ3n) is 5.80. The first-order valence-corrected chi connectivity index (χ1v) is 10.5. The molecule has 2 N–H and O–H groups in total. The van der Waals surface area contributed by atoms with Crippen LogP contribution in [0.1, 0.15) is 58.1 Å². The van der Waals surface area contributed by atoms with Crippen LogP contribution >= 0.6 is 0 Å². The normalized spacial score (nSPS) is 16.8. The van der Waals surface area contributed by atoms with Crippen molar-refractivity contribution in [3.63, 3.8) is 0 Å². The Bertz CT molecular complexity index is 575. The van der Waals surface area contributed by atoms with Crippen LogP contribution in [0.4, 0.5) is 0 Å². The Labute approximate surface area is 165 Å². The molecule has 0 radical (unpaired) electrons. The number of amides is 1. The molecule has 0 fully saturated rings. The van der Waals surface area contributed by atoms with E-state index in [2.05, 4.69) is 69.2 Å². The van der Waals surface area contributed by atoms with Crippen molar-refractivity contribution < 1.29 is 9.90 Å². The molecule has 2 rings (SSSR count). The van der Waals surface area contributed by atoms with Crippen molar-refractivity contribution in [3.05, 3.63) is 35.4 Å². The minimum atomic E-state index is -0.502. The molecule has 0 spiro atoms. The van der Waals surface area contributed by atoms with Gasteiger partial charge in [0.1, 0.15) is 0 Å². The van der Waals surface area contributed by atoms with E-state index in [9.17, 15) is 9.90 Å². The Hall–Kier alpha value is -1.39. The van der Waals surface area contributed by atoms with E-state index in [1.54, 1.807) is 0 Å². The van der Waals surface area contributed by atoms with Crippen LogP contribution in [-0.2, 0) is 17.6 Å². The lowest BCUT2D eigenvalue weighted by Crippen LogP contribution is -2.46. The van der Waals surface area contributed by atoms with Gasteiger partial charge in [-0.25, -0.2) is 0 Å². The predicted octanol–water partition coefficient (Wildman–Crippen LogP) is 3.41. The van der Waals surface area contributed by atoms with Crippen LogP contribution in [0.3, 0.4) is 0 Å². The van der Waals surface area contributed by atoms with Gasteiger partial charge in [0.05, 0.1) is 12.1 Å². The molecule has 1 aliphatic rings. The summed E-state index contributed by atoms with van der Waals surface area (Å²) in [4.78, 5) is 14.9. The SMILES string of the molecule is CC(C)CC(NC(=O)CC1Cc2ccccc2C1)C(O)CCN(C)C(C)C. The molecule has 1 aromatic carbocycles. The number of hydrogen-bond donors (Lipinski definition) is 2. The summed E-state index contributed by atoms with van der Waals surface area (Å²) < 4.78 is 0. The van der Waals surface area contributed by atoms with Crippen LogP contribution in [0.2, 0.25) is 0 Å². The van der Waals surface area contributed by atoms with Gasteiger partial charge in [-0.05, 0) is 69.5 Å². The van der Waals surface area contributed by atoms with Gasteiger partial charge in [0.25, 0.3) is 0 Å². The lowest BCUT2D eigenvalue weighted by atomic mass is 9.95. The van der Waals surface area contributed by atoms with Crippen LogP contribution in [0, 0.1) is 11.8 Å². The average molecular weight is 375 g/mol. The summed E-state index contributed by atoms with van der Waals surface area (Å²) in [6.45, 7) is 9.42. The molecule has 0 saturated carbocycles. The average Bonchev–Trinajstić information content (AvgIpc) is 3.00. The van der Waals surface area contributed by atoms with Gasteiger partial charge in [-0.2, -0.15) is 0 Å². The van der Waals surface area contributed by atoms with Crippen LogP contribution in [0.5, 0.6) is 0 Å². The minimum absolute atomic E-state index is 0.0784. The number of carbonyl (C=O) groups excluding carboxylic acids is 1. The number of carbonyl (C=O) groups is 1. The predicted molar refractivity (Wildman–Crippen MR) is 112 cm³/mol. The van der Waals surface area contributed by atoms with E-state index in [0.717, 1.165) is 25.8 Å². The van der Waals surface area contributed by atoms with E-state index >= 15 is 0 Å². The van der Waals surface area contributed by atoms with Crippen LogP contribution in [0.25, 0.3) is 0 Å². The zero-order valence-electron chi connectivity index (χ0n) is 17.7. The van der Waals surface area contributed by atoms with Crippen LogP contribution < -0.4 is 5.32 Å². The molecule has 1 aromatic rings. The molecule has 152 valence electrons. The summed E-state index contributed by atoms with van der Waals surface area (Å²) in [6, 6.07) is 8.78. The summed E-state index contributed by atoms with van der Waals surface area (Å²) >= 11 is 0. The maximum atomic E-state index is 12.7. The molecule has 4 heteroatoms. The first-order chi connectivity index (χ1) is 12.8. The zero-order valence-corrected chi connectivity index (χ0v) is 17.7. The second kappa shape index (κ2) is 10.2. The van der Waals surface area contributed by atoms with Crippen molar-refractivity contribution in [1.82, 2.24) is 10.2 Å². The monoisotopic (exact) mass is 374 g/mol. The van der Waals surface area contributed by atoms with Crippen molar-refractivity contribution in [2.45, 2.75) is 78.0 Å². The topological polar surface area (TPSA) is 52.6 Å². The Morgan fingerprint density at radius 3 is 2.30 bits per heavy atom. The van der Waals surface area contributed by atoms with Gasteiger partial charge in [0, 0.05) is 19.0 Å². The standard InChI is InChI=1S/C23H38N2O2/c1-16(2)12-21(22(26)10-11-25(5)17(3)4)24-23(27)15-18-13-19-8-6-7-9-20(19)14-18/h6-9,16-18,21-22,26H,10-15H2,1-5H3,(H,24,27). The fraction of sp³-hybridized carbons (Fsp3) is 0.696. The van der Waals surface area contributed by atoms with Gasteiger partial charge in [0.15, 0.2) is 0 Å². The quantitative estimate of drug-likeness (QED) is 0.660. The fourth-order valence-corrected chi connectivity index (χ4v) is 3.94. The van der Waals surface area contributed by atoms with Crippen molar-refractivity contribution in [2.24, 2.45) is 11.8 Å². The van der Waals surface area contributed by atoms with Crippen LogP contribution in [0.15, 0.2) is 24.3 Å². The Balaban J connectivity index is 1.86. The van der Waals surface area contributed by atoms with E-state index in [0.29, 0.717) is 30.7 Å². The van der Waals surface area contributed by atoms with E-state index in [4.69, 9.17) is 0 Å². The number of nitrogens with one attached hydrogen (secondary N) is 1. The molecule has 0 bridgehead atoms. The molecule has 2 atom stereocenters. The maximum Gasteiger partial charge on any atom is 0.220 e. The zero-order chi connectivity index (χ0) is 20.0. The molecule has 0 aliphatic heterocycles. The molecule has 27 heavy (non-hydrogen) atoms. The first-order valence-electron chi connectivity index (χ1n) is 10.5. The summed E-state index contributed by atoms with van der Waals surface area (Å²) in [5.41, 5.74) is 2.76. The first kappa shape index (κ1) is 21.9. The van der Waals surface area contributed by atoms with Gasteiger partial charge in [-0.15, -0.1) is 0 Å². The molecular weight excluding hydrogens is 336 g/mol. The molecule has 0 heterocycles. The Morgan fingerprint density at radius 2 is 1.78 bits per heavy atom. The number of fused-ring (bicyclic) bond motifs is 1. The number of hydrogen-bond acceptors (Lipinski definition) is 3. The summed E-state index contributed by atoms with van der Waals surface area (Å²) in [6.07, 6.45) is 3.51. The van der Waals surface area contributed by atoms with E-state index in [1.165, 1.54) is 11.1 Å². The van der Waals surface area contributed by atoms with Gasteiger partial charge in [0.2, 0.25) is 5.91 Å². The molecule has 0 aromatic heterocycles. The van der Waals surface area contributed by atoms with E-state index in [-0.39, 0.29) is 11.9 Å².